The topological polar surface area (TPSA) is 76.4 Å². The second kappa shape index (κ2) is 6.43. The van der Waals surface area contributed by atoms with Crippen LogP contribution in [0.5, 0.6) is 0 Å². The standard InChI is InChI=1S/C14H26N6O/c1-6-15-13(16-8-12-19-17-9-20(12)4)18-10-7-11(21-5)14(10,2)3/h9-11H,6-8H2,1-5H3,(H2,15,16,18). The first kappa shape index (κ1) is 15.8. The van der Waals surface area contributed by atoms with E-state index in [1.54, 1.807) is 13.4 Å². The zero-order valence-electron chi connectivity index (χ0n) is 13.6. The Balaban J connectivity index is 1.98. The second-order valence-electron chi connectivity index (χ2n) is 6.03. The van der Waals surface area contributed by atoms with Crippen molar-refractivity contribution in [2.45, 2.75) is 45.9 Å². The molecule has 2 unspecified atom stereocenters. The summed E-state index contributed by atoms with van der Waals surface area (Å²) >= 11 is 0. The summed E-state index contributed by atoms with van der Waals surface area (Å²) in [4.78, 5) is 4.59. The average Bonchev–Trinajstić information content (AvgIpc) is 2.85. The fourth-order valence-corrected chi connectivity index (χ4v) is 2.62. The minimum Gasteiger partial charge on any atom is -0.381 e. The molecule has 0 radical (unpaired) electrons. The van der Waals surface area contributed by atoms with Crippen LogP contribution in [0.1, 0.15) is 33.0 Å². The molecule has 1 aliphatic rings. The van der Waals surface area contributed by atoms with Crippen molar-refractivity contribution in [1.29, 1.82) is 0 Å². The lowest BCUT2D eigenvalue weighted by Crippen LogP contribution is -2.63. The molecule has 118 valence electrons. The van der Waals surface area contributed by atoms with Gasteiger partial charge in [-0.15, -0.1) is 10.2 Å². The number of aliphatic imine (C=N–C) groups is 1. The maximum atomic E-state index is 5.49. The van der Waals surface area contributed by atoms with Gasteiger partial charge in [-0.2, -0.15) is 0 Å². The molecule has 0 aliphatic heterocycles. The van der Waals surface area contributed by atoms with Gasteiger partial charge in [0.1, 0.15) is 12.9 Å². The quantitative estimate of drug-likeness (QED) is 0.617. The van der Waals surface area contributed by atoms with E-state index in [4.69, 9.17) is 4.74 Å². The van der Waals surface area contributed by atoms with Crippen LogP contribution in [0.25, 0.3) is 0 Å². The van der Waals surface area contributed by atoms with Crippen LogP contribution in [0.3, 0.4) is 0 Å². The Morgan fingerprint density at radius 2 is 2.33 bits per heavy atom. The van der Waals surface area contributed by atoms with Crippen molar-refractivity contribution in [3.63, 3.8) is 0 Å². The fraction of sp³-hybridized carbons (Fsp3) is 0.786. The van der Waals surface area contributed by atoms with Gasteiger partial charge in [-0.3, -0.25) is 0 Å². The van der Waals surface area contributed by atoms with Crippen LogP contribution in [0.4, 0.5) is 0 Å². The molecule has 21 heavy (non-hydrogen) atoms. The van der Waals surface area contributed by atoms with Gasteiger partial charge in [-0.25, -0.2) is 4.99 Å². The highest BCUT2D eigenvalue weighted by Gasteiger charge is 2.48. The highest BCUT2D eigenvalue weighted by Crippen LogP contribution is 2.42. The number of ether oxygens (including phenoxy) is 1. The van der Waals surface area contributed by atoms with Crippen LogP contribution in [-0.2, 0) is 18.3 Å². The van der Waals surface area contributed by atoms with Crippen molar-refractivity contribution < 1.29 is 4.74 Å². The van der Waals surface area contributed by atoms with Gasteiger partial charge in [0.05, 0.1) is 6.10 Å². The Morgan fingerprint density at radius 1 is 1.57 bits per heavy atom. The van der Waals surface area contributed by atoms with E-state index in [-0.39, 0.29) is 5.41 Å². The molecule has 1 aromatic rings. The molecule has 1 aliphatic carbocycles. The molecule has 7 heteroatoms. The summed E-state index contributed by atoms with van der Waals surface area (Å²) in [6, 6.07) is 0.361. The summed E-state index contributed by atoms with van der Waals surface area (Å²) in [5.41, 5.74) is 0.107. The zero-order valence-corrected chi connectivity index (χ0v) is 13.6. The van der Waals surface area contributed by atoms with Gasteiger partial charge >= 0.3 is 0 Å². The average molecular weight is 294 g/mol. The van der Waals surface area contributed by atoms with E-state index in [1.807, 2.05) is 11.6 Å². The van der Waals surface area contributed by atoms with Crippen LogP contribution < -0.4 is 10.6 Å². The molecule has 0 aromatic carbocycles. The summed E-state index contributed by atoms with van der Waals surface area (Å²) in [7, 11) is 3.69. The SMILES string of the molecule is CCNC(=NCc1nncn1C)NC1CC(OC)C1(C)C. The molecule has 2 rings (SSSR count). The highest BCUT2D eigenvalue weighted by atomic mass is 16.5. The Bertz CT molecular complexity index is 495. The van der Waals surface area contributed by atoms with E-state index in [0.29, 0.717) is 18.7 Å². The van der Waals surface area contributed by atoms with E-state index < -0.39 is 0 Å². The fourth-order valence-electron chi connectivity index (χ4n) is 2.62. The Morgan fingerprint density at radius 3 is 2.86 bits per heavy atom. The third kappa shape index (κ3) is 3.34. The van der Waals surface area contributed by atoms with Gasteiger partial charge in [0.15, 0.2) is 11.8 Å². The third-order valence-corrected chi connectivity index (χ3v) is 4.30. The summed E-state index contributed by atoms with van der Waals surface area (Å²) in [5, 5.41) is 14.7. The van der Waals surface area contributed by atoms with Crippen LogP contribution >= 0.6 is 0 Å². The number of hydrogen-bond donors (Lipinski definition) is 2. The summed E-state index contributed by atoms with van der Waals surface area (Å²) in [6.07, 6.45) is 2.98. The number of aryl methyl sites for hydroxylation is 1. The van der Waals surface area contributed by atoms with Gasteiger partial charge in [-0.1, -0.05) is 13.8 Å². The van der Waals surface area contributed by atoms with Crippen molar-refractivity contribution in [2.75, 3.05) is 13.7 Å². The molecule has 1 heterocycles. The summed E-state index contributed by atoms with van der Waals surface area (Å²) in [6.45, 7) is 7.82. The molecule has 1 aromatic heterocycles. The van der Waals surface area contributed by atoms with Crippen molar-refractivity contribution in [3.8, 4) is 0 Å². The maximum Gasteiger partial charge on any atom is 0.191 e. The van der Waals surface area contributed by atoms with E-state index >= 15 is 0 Å². The van der Waals surface area contributed by atoms with Crippen molar-refractivity contribution in [3.05, 3.63) is 12.2 Å². The monoisotopic (exact) mass is 294 g/mol. The number of nitrogens with one attached hydrogen (secondary N) is 2. The van der Waals surface area contributed by atoms with E-state index in [9.17, 15) is 0 Å². The van der Waals surface area contributed by atoms with Gasteiger partial charge in [0, 0.05) is 32.2 Å². The zero-order chi connectivity index (χ0) is 15.5. The van der Waals surface area contributed by atoms with Crippen LogP contribution in [0, 0.1) is 5.41 Å². The number of nitrogens with zero attached hydrogens (tertiary/aromatic N) is 4. The van der Waals surface area contributed by atoms with Crippen molar-refractivity contribution >= 4 is 5.96 Å². The van der Waals surface area contributed by atoms with Gasteiger partial charge in [0.25, 0.3) is 0 Å². The number of hydrogen-bond acceptors (Lipinski definition) is 4. The highest BCUT2D eigenvalue weighted by molar-refractivity contribution is 5.80. The molecule has 7 nitrogen and oxygen atoms in total. The molecule has 1 saturated carbocycles. The summed E-state index contributed by atoms with van der Waals surface area (Å²) in [5.74, 6) is 1.66. The lowest BCUT2D eigenvalue weighted by Gasteiger charge is -2.51. The molecule has 2 N–H and O–H groups in total. The molecule has 2 atom stereocenters. The molecular formula is C14H26N6O. The predicted molar refractivity (Wildman–Crippen MR) is 81.9 cm³/mol. The second-order valence-corrected chi connectivity index (χ2v) is 6.03. The lowest BCUT2D eigenvalue weighted by atomic mass is 9.64. The van der Waals surface area contributed by atoms with Gasteiger partial charge in [-0.05, 0) is 13.3 Å². The van der Waals surface area contributed by atoms with Gasteiger partial charge < -0.3 is 19.9 Å². The minimum atomic E-state index is 0.107. The normalized spacial score (nSPS) is 24.5. The molecule has 1 fully saturated rings. The Hall–Kier alpha value is -1.63. The van der Waals surface area contributed by atoms with E-state index in [1.165, 1.54) is 0 Å². The summed E-state index contributed by atoms with van der Waals surface area (Å²) < 4.78 is 7.36. The number of methoxy groups -OCH3 is 1. The smallest absolute Gasteiger partial charge is 0.191 e. The molecule has 0 saturated heterocycles. The molecule has 0 spiro atoms. The van der Waals surface area contributed by atoms with Crippen LogP contribution in [0.15, 0.2) is 11.3 Å². The molecule has 0 bridgehead atoms. The third-order valence-electron chi connectivity index (χ3n) is 4.30. The largest absolute Gasteiger partial charge is 0.381 e. The Kier molecular flexibility index (Phi) is 4.82. The van der Waals surface area contributed by atoms with Crippen molar-refractivity contribution in [1.82, 2.24) is 25.4 Å². The maximum absolute atomic E-state index is 5.49. The lowest BCUT2D eigenvalue weighted by molar-refractivity contribution is -0.0922. The number of guanidine groups is 1. The van der Waals surface area contributed by atoms with Crippen molar-refractivity contribution in [2.24, 2.45) is 17.5 Å². The molecular weight excluding hydrogens is 268 g/mol. The molecule has 0 amide bonds. The minimum absolute atomic E-state index is 0.107. The number of aromatic nitrogens is 3. The first-order valence-electron chi connectivity index (χ1n) is 7.39. The first-order valence-corrected chi connectivity index (χ1v) is 7.39. The van der Waals surface area contributed by atoms with E-state index in [2.05, 4.69) is 46.6 Å². The van der Waals surface area contributed by atoms with Crippen LogP contribution in [-0.4, -0.2) is 46.5 Å². The Labute approximate surface area is 126 Å². The van der Waals surface area contributed by atoms with Gasteiger partial charge in [0.2, 0.25) is 0 Å². The van der Waals surface area contributed by atoms with E-state index in [0.717, 1.165) is 24.7 Å². The first-order chi connectivity index (χ1) is 9.98. The number of rotatable bonds is 5. The predicted octanol–water partition coefficient (Wildman–Crippen LogP) is 0.684. The van der Waals surface area contributed by atoms with Crippen LogP contribution in [0.2, 0.25) is 0 Å².